The lowest BCUT2D eigenvalue weighted by Crippen LogP contribution is -2.52. The van der Waals surface area contributed by atoms with Crippen molar-refractivity contribution in [2.24, 2.45) is 11.3 Å². The van der Waals surface area contributed by atoms with E-state index in [4.69, 9.17) is 33.5 Å². The smallest absolute Gasteiger partial charge is 0.407 e. The van der Waals surface area contributed by atoms with E-state index in [9.17, 15) is 23.1 Å². The maximum Gasteiger partial charge on any atom is 0.407 e. The van der Waals surface area contributed by atoms with E-state index in [1.54, 1.807) is 0 Å². The fourth-order valence-electron chi connectivity index (χ4n) is 6.27. The summed E-state index contributed by atoms with van der Waals surface area (Å²) in [7, 11) is -4.22. The molecule has 3 heterocycles. The fourth-order valence-corrected chi connectivity index (χ4v) is 7.94. The van der Waals surface area contributed by atoms with Gasteiger partial charge in [-0.2, -0.15) is 4.31 Å². The number of ether oxygens (including phenoxy) is 6. The minimum atomic E-state index is -4.22. The van der Waals surface area contributed by atoms with Crippen molar-refractivity contribution in [3.63, 3.8) is 0 Å². The van der Waals surface area contributed by atoms with Crippen LogP contribution in [-0.2, 0) is 35.4 Å². The molecule has 0 spiro atoms. The highest BCUT2D eigenvalue weighted by Gasteiger charge is 2.44. The van der Waals surface area contributed by atoms with Gasteiger partial charge >= 0.3 is 12.2 Å². The van der Waals surface area contributed by atoms with Gasteiger partial charge in [0.1, 0.15) is 6.10 Å². The topological polar surface area (TPSA) is 191 Å². The Bertz CT molecular complexity index is 1540. The Labute approximate surface area is 292 Å². The third kappa shape index (κ3) is 9.98. The molecule has 0 aromatic heterocycles. The van der Waals surface area contributed by atoms with Crippen molar-refractivity contribution in [3.05, 3.63) is 54.1 Å². The van der Waals surface area contributed by atoms with E-state index in [1.807, 2.05) is 44.2 Å². The lowest BCUT2D eigenvalue weighted by atomic mass is 9.87. The van der Waals surface area contributed by atoms with Crippen molar-refractivity contribution in [1.82, 2.24) is 14.9 Å². The predicted molar refractivity (Wildman–Crippen MR) is 178 cm³/mol. The number of hydrogen-bond acceptors (Lipinski definition) is 12. The molecule has 276 valence electrons. The number of benzene rings is 2. The highest BCUT2D eigenvalue weighted by molar-refractivity contribution is 7.89. The molecule has 2 saturated heterocycles. The average Bonchev–Trinajstić information content (AvgIpc) is 3.84. The number of alkyl carbamates (subject to hydrolysis) is 2. The van der Waals surface area contributed by atoms with Crippen molar-refractivity contribution in [2.45, 2.75) is 69.0 Å². The summed E-state index contributed by atoms with van der Waals surface area (Å²) >= 11 is 0. The molecule has 2 amide bonds. The number of fused-ring (bicyclic) bond motifs is 2. The summed E-state index contributed by atoms with van der Waals surface area (Å²) in [6, 6.07) is 12.7. The van der Waals surface area contributed by atoms with E-state index >= 15 is 0 Å². The van der Waals surface area contributed by atoms with Gasteiger partial charge < -0.3 is 49.3 Å². The molecule has 5 rings (SSSR count). The number of sulfonamides is 1. The molecule has 4 N–H and O–H groups in total. The Morgan fingerprint density at radius 1 is 1.08 bits per heavy atom. The largest absolute Gasteiger partial charge is 0.454 e. The summed E-state index contributed by atoms with van der Waals surface area (Å²) in [6.45, 7) is 4.03. The van der Waals surface area contributed by atoms with Gasteiger partial charge in [0.2, 0.25) is 16.8 Å². The number of hydrogen-bond donors (Lipinski definition) is 4. The van der Waals surface area contributed by atoms with Gasteiger partial charge in [-0.25, -0.2) is 18.0 Å². The first kappa shape index (κ1) is 37.6. The molecule has 0 radical (unpaired) electrons. The molecular weight excluding hydrogens is 674 g/mol. The van der Waals surface area contributed by atoms with Crippen LogP contribution in [0.4, 0.5) is 9.59 Å². The summed E-state index contributed by atoms with van der Waals surface area (Å²) in [6.07, 6.45) is -1.88. The number of aliphatic hydroxyl groups excluding tert-OH is 2. The molecule has 15 nitrogen and oxygen atoms in total. The summed E-state index contributed by atoms with van der Waals surface area (Å²) in [5.41, 5.74) is 0.177. The Kier molecular flexibility index (Phi) is 12.8. The van der Waals surface area contributed by atoms with E-state index in [1.165, 1.54) is 22.5 Å². The van der Waals surface area contributed by atoms with E-state index in [0.717, 1.165) is 5.56 Å². The standard InChI is InChI=1S/C34H47N3O12S/c1-34(2,12-6-15-45-32(40)35-13-14-38)21-37(50(42,43)24-9-10-28-29(18-24)48-22-47-28)19-27(39)26(17-23-7-4-3-5-8-23)36-33(41)49-30-20-46-31-25(30)11-16-44-31/h3-5,7-10,18,25-27,30-31,38-39H,6,11-17,19-22H2,1-2H3,(H,35,40)(H,36,41)/t25-,26-,27+,30-,31+/m0/s1. The molecule has 0 saturated carbocycles. The molecule has 2 aromatic carbocycles. The summed E-state index contributed by atoms with van der Waals surface area (Å²) < 4.78 is 62.6. The van der Waals surface area contributed by atoms with Gasteiger partial charge in [0.05, 0.1) is 49.4 Å². The van der Waals surface area contributed by atoms with Crippen LogP contribution in [0.25, 0.3) is 0 Å². The molecule has 3 aliphatic heterocycles. The summed E-state index contributed by atoms with van der Waals surface area (Å²) in [4.78, 5) is 25.0. The van der Waals surface area contributed by atoms with Crippen LogP contribution in [-0.4, -0.2) is 113 Å². The lowest BCUT2D eigenvalue weighted by Gasteiger charge is -2.35. The molecule has 3 aliphatic rings. The van der Waals surface area contributed by atoms with Crippen molar-refractivity contribution in [3.8, 4) is 11.5 Å². The number of carbonyl (C=O) groups excluding carboxylic acids is 2. The summed E-state index contributed by atoms with van der Waals surface area (Å²) in [5.74, 6) is 0.635. The number of rotatable bonds is 17. The second kappa shape index (κ2) is 17.0. The molecule has 50 heavy (non-hydrogen) atoms. The molecule has 16 heteroatoms. The number of nitrogens with one attached hydrogen (secondary N) is 2. The Morgan fingerprint density at radius 3 is 2.64 bits per heavy atom. The number of nitrogens with zero attached hydrogens (tertiary/aromatic N) is 1. The van der Waals surface area contributed by atoms with Crippen LogP contribution in [0.5, 0.6) is 11.5 Å². The van der Waals surface area contributed by atoms with E-state index in [0.29, 0.717) is 37.4 Å². The highest BCUT2D eigenvalue weighted by atomic mass is 32.2. The third-order valence-electron chi connectivity index (χ3n) is 8.90. The average molecular weight is 722 g/mol. The zero-order chi connectivity index (χ0) is 35.7. The van der Waals surface area contributed by atoms with Gasteiger partial charge in [-0.1, -0.05) is 44.2 Å². The first-order valence-electron chi connectivity index (χ1n) is 16.8. The Morgan fingerprint density at radius 2 is 1.86 bits per heavy atom. The third-order valence-corrected chi connectivity index (χ3v) is 10.7. The SMILES string of the molecule is CC(C)(CCCOC(=O)NCCO)CN(C[C@@H](O)[C@H](Cc1ccccc1)NC(=O)O[C@H]1CO[C@H]2OCC[C@H]21)S(=O)(=O)c1ccc2c(c1)OCO2. The normalized spacial score (nSPS) is 21.0. The lowest BCUT2D eigenvalue weighted by molar-refractivity contribution is -0.0907. The molecular formula is C34H47N3O12S. The Balaban J connectivity index is 1.33. The fraction of sp³-hybridized carbons (Fsp3) is 0.588. The quantitative estimate of drug-likeness (QED) is 0.175. The van der Waals surface area contributed by atoms with E-state index < -0.39 is 52.2 Å². The van der Waals surface area contributed by atoms with Crippen molar-refractivity contribution >= 4 is 22.2 Å². The zero-order valence-electron chi connectivity index (χ0n) is 28.3. The highest BCUT2D eigenvalue weighted by Crippen LogP contribution is 2.36. The second-order valence-electron chi connectivity index (χ2n) is 13.3. The van der Waals surface area contributed by atoms with E-state index in [-0.39, 0.29) is 63.5 Å². The molecule has 5 atom stereocenters. The van der Waals surface area contributed by atoms with Crippen LogP contribution < -0.4 is 20.1 Å². The minimum absolute atomic E-state index is 0.0114. The van der Waals surface area contributed by atoms with Crippen molar-refractivity contribution in [1.29, 1.82) is 0 Å². The first-order valence-corrected chi connectivity index (χ1v) is 18.2. The predicted octanol–water partition coefficient (Wildman–Crippen LogP) is 2.39. The maximum absolute atomic E-state index is 14.3. The van der Waals surface area contributed by atoms with Crippen molar-refractivity contribution in [2.75, 3.05) is 52.9 Å². The van der Waals surface area contributed by atoms with Gasteiger partial charge in [0, 0.05) is 25.7 Å². The summed E-state index contributed by atoms with van der Waals surface area (Å²) in [5, 5.41) is 25.9. The molecule has 0 bridgehead atoms. The zero-order valence-corrected chi connectivity index (χ0v) is 29.1. The monoisotopic (exact) mass is 721 g/mol. The molecule has 0 unspecified atom stereocenters. The first-order chi connectivity index (χ1) is 23.9. The van der Waals surface area contributed by atoms with Gasteiger partial charge in [-0.05, 0) is 48.8 Å². The maximum atomic E-state index is 14.3. The van der Waals surface area contributed by atoms with E-state index in [2.05, 4.69) is 10.6 Å². The van der Waals surface area contributed by atoms with Crippen LogP contribution in [0.15, 0.2) is 53.4 Å². The van der Waals surface area contributed by atoms with Gasteiger partial charge in [-0.15, -0.1) is 0 Å². The number of amides is 2. The van der Waals surface area contributed by atoms with Gasteiger partial charge in [-0.3, -0.25) is 0 Å². The minimum Gasteiger partial charge on any atom is -0.454 e. The number of carbonyl (C=O) groups is 2. The van der Waals surface area contributed by atoms with Crippen LogP contribution >= 0.6 is 0 Å². The van der Waals surface area contributed by atoms with Crippen LogP contribution in [0.2, 0.25) is 0 Å². The number of aliphatic hydroxyl groups is 2. The molecule has 0 aliphatic carbocycles. The Hall–Kier alpha value is -3.67. The van der Waals surface area contributed by atoms with Crippen molar-refractivity contribution < 1.29 is 56.6 Å². The van der Waals surface area contributed by atoms with Crippen LogP contribution in [0.1, 0.15) is 38.7 Å². The van der Waals surface area contributed by atoms with Gasteiger partial charge in [0.15, 0.2) is 17.8 Å². The van der Waals surface area contributed by atoms with Crippen LogP contribution in [0.3, 0.4) is 0 Å². The molecule has 2 fully saturated rings. The van der Waals surface area contributed by atoms with Crippen LogP contribution in [0, 0.1) is 11.3 Å². The second-order valence-corrected chi connectivity index (χ2v) is 15.3. The van der Waals surface area contributed by atoms with Gasteiger partial charge in [0.25, 0.3) is 0 Å². The molecule has 2 aromatic rings.